The van der Waals surface area contributed by atoms with Crippen molar-refractivity contribution in [3.05, 3.63) is 68.3 Å². The first-order valence-corrected chi connectivity index (χ1v) is 12.4. The van der Waals surface area contributed by atoms with Crippen molar-refractivity contribution in [2.45, 2.75) is 43.8 Å². The average Bonchev–Trinajstić information content (AvgIpc) is 3.18. The van der Waals surface area contributed by atoms with Crippen LogP contribution in [-0.4, -0.2) is 71.3 Å². The number of phenolic OH excluding ortho intramolecular Hbond substituents is 3. The summed E-state index contributed by atoms with van der Waals surface area (Å²) in [6.07, 6.45) is -2.18. The number of aliphatic hydroxyl groups excluding tert-OH is 2. The highest BCUT2D eigenvalue weighted by Gasteiger charge is 2.78. The number of rotatable bonds is 0. The second kappa shape index (κ2) is 6.93. The molecule has 5 aliphatic rings. The Hall–Kier alpha value is -4.61. The van der Waals surface area contributed by atoms with Gasteiger partial charge in [0.25, 0.3) is 0 Å². The van der Waals surface area contributed by atoms with Crippen molar-refractivity contribution in [2.75, 3.05) is 0 Å². The summed E-state index contributed by atoms with van der Waals surface area (Å²) in [5.74, 6) is -11.9. The van der Waals surface area contributed by atoms with Gasteiger partial charge in [0.1, 0.15) is 45.9 Å². The molecule has 2 bridgehead atoms. The van der Waals surface area contributed by atoms with Gasteiger partial charge in [-0.2, -0.15) is 0 Å². The van der Waals surface area contributed by atoms with Crippen LogP contribution in [0.5, 0.6) is 17.2 Å². The van der Waals surface area contributed by atoms with Crippen LogP contribution in [0.25, 0.3) is 5.76 Å². The van der Waals surface area contributed by atoms with E-state index in [-0.39, 0.29) is 11.1 Å². The van der Waals surface area contributed by atoms with Crippen LogP contribution in [0.15, 0.2) is 29.4 Å². The van der Waals surface area contributed by atoms with Gasteiger partial charge in [-0.05, 0) is 37.6 Å². The lowest BCUT2D eigenvalue weighted by atomic mass is 9.46. The summed E-state index contributed by atoms with van der Waals surface area (Å²) in [6.45, 7) is 2.86. The molecule has 2 aromatic rings. The number of Topliss-reactive ketones (excluding diaryl/α,β-unsaturated/α-hetero) is 4. The van der Waals surface area contributed by atoms with Gasteiger partial charge in [-0.15, -0.1) is 0 Å². The van der Waals surface area contributed by atoms with Crippen LogP contribution in [0.3, 0.4) is 0 Å². The van der Waals surface area contributed by atoms with Gasteiger partial charge in [-0.1, -0.05) is 0 Å². The number of fused-ring (bicyclic) bond motifs is 5. The fraction of sp³-hybridized carbons (Fsp3) is 0.276. The third-order valence-corrected chi connectivity index (χ3v) is 9.23. The Morgan fingerprint density at radius 2 is 1.48 bits per heavy atom. The van der Waals surface area contributed by atoms with Crippen LogP contribution in [-0.2, 0) is 9.59 Å². The van der Waals surface area contributed by atoms with E-state index in [1.54, 1.807) is 6.92 Å². The highest BCUT2D eigenvalue weighted by molar-refractivity contribution is 6.29. The van der Waals surface area contributed by atoms with Crippen molar-refractivity contribution in [1.82, 2.24) is 0 Å². The number of aliphatic hydroxyl groups is 3. The van der Waals surface area contributed by atoms with E-state index in [9.17, 15) is 54.6 Å². The van der Waals surface area contributed by atoms with Gasteiger partial charge in [0.2, 0.25) is 0 Å². The van der Waals surface area contributed by atoms with Gasteiger partial charge >= 0.3 is 0 Å². The Labute approximate surface area is 224 Å². The Bertz CT molecular complexity index is 1830. The number of aromatic hydroxyl groups is 3. The average molecular weight is 544 g/mol. The summed E-state index contributed by atoms with van der Waals surface area (Å²) < 4.78 is 0. The number of ketones is 5. The van der Waals surface area contributed by atoms with Crippen LogP contribution in [0.4, 0.5) is 0 Å². The molecular weight excluding hydrogens is 524 g/mol. The number of carbonyl (C=O) groups excluding carboxylic acids is 5. The number of hydrogen-bond donors (Lipinski definition) is 6. The highest BCUT2D eigenvalue weighted by Crippen LogP contribution is 2.70. The number of allylic oxidation sites excluding steroid dienone is 2. The summed E-state index contributed by atoms with van der Waals surface area (Å²) in [5, 5.41) is 68.4. The number of phenols is 3. The van der Waals surface area contributed by atoms with Gasteiger partial charge in [-0.3, -0.25) is 24.0 Å². The van der Waals surface area contributed by atoms with Crippen molar-refractivity contribution in [2.24, 2.45) is 5.41 Å². The third-order valence-electron chi connectivity index (χ3n) is 9.23. The second-order valence-corrected chi connectivity index (χ2v) is 11.2. The molecule has 2 saturated carbocycles. The Kier molecular flexibility index (Phi) is 4.23. The van der Waals surface area contributed by atoms with E-state index in [1.807, 2.05) is 0 Å². The maximum atomic E-state index is 14.2. The lowest BCUT2D eigenvalue weighted by Gasteiger charge is -2.56. The molecule has 0 amide bonds. The Balaban J connectivity index is 1.61. The maximum absolute atomic E-state index is 14.2. The molecule has 7 rings (SSSR count). The molecule has 0 heterocycles. The van der Waals surface area contributed by atoms with Gasteiger partial charge < -0.3 is 30.6 Å². The molecule has 5 unspecified atom stereocenters. The number of benzene rings is 2. The van der Waals surface area contributed by atoms with E-state index in [4.69, 9.17) is 0 Å². The predicted octanol–water partition coefficient (Wildman–Crippen LogP) is 1.42. The molecule has 2 aromatic carbocycles. The first-order chi connectivity index (χ1) is 18.7. The largest absolute Gasteiger partial charge is 0.507 e. The summed E-state index contributed by atoms with van der Waals surface area (Å²) >= 11 is 0. The fourth-order valence-corrected chi connectivity index (χ4v) is 7.71. The molecule has 11 heteroatoms. The maximum Gasteiger partial charge on any atom is 0.193 e. The zero-order valence-corrected chi connectivity index (χ0v) is 20.9. The minimum atomic E-state index is -2.80. The Morgan fingerprint density at radius 1 is 0.850 bits per heavy atom. The first kappa shape index (κ1) is 24.4. The number of aryl methyl sites for hydroxylation is 1. The summed E-state index contributed by atoms with van der Waals surface area (Å²) in [5.41, 5.74) is -8.62. The molecule has 0 saturated heterocycles. The van der Waals surface area contributed by atoms with Crippen molar-refractivity contribution in [3.8, 4) is 17.2 Å². The molecule has 5 aliphatic carbocycles. The zero-order valence-electron chi connectivity index (χ0n) is 20.9. The van der Waals surface area contributed by atoms with Crippen LogP contribution >= 0.6 is 0 Å². The molecule has 0 radical (unpaired) electrons. The molecule has 40 heavy (non-hydrogen) atoms. The van der Waals surface area contributed by atoms with Crippen LogP contribution in [0, 0.1) is 12.3 Å². The van der Waals surface area contributed by atoms with E-state index in [2.05, 4.69) is 0 Å². The summed E-state index contributed by atoms with van der Waals surface area (Å²) in [7, 11) is 0. The molecule has 11 nitrogen and oxygen atoms in total. The van der Waals surface area contributed by atoms with Gasteiger partial charge in [0.05, 0.1) is 34.1 Å². The molecule has 1 spiro atoms. The third kappa shape index (κ3) is 2.26. The van der Waals surface area contributed by atoms with E-state index >= 15 is 0 Å². The van der Waals surface area contributed by atoms with Gasteiger partial charge in [-0.25, -0.2) is 0 Å². The molecule has 5 atom stereocenters. The predicted molar refractivity (Wildman–Crippen MR) is 132 cm³/mol. The topological polar surface area (TPSA) is 207 Å². The second-order valence-electron chi connectivity index (χ2n) is 11.2. The SMILES string of the molecule is CC1=CC(=O)c2c(O)c3c(c(O)c2C1=O)C1C(=O)CC24C(=O)c5cc(C)cc(O)c5C(O)=C2C(=O)C3C1(O)C4O. The van der Waals surface area contributed by atoms with Crippen molar-refractivity contribution < 1.29 is 54.6 Å². The van der Waals surface area contributed by atoms with E-state index in [1.165, 1.54) is 19.1 Å². The minimum Gasteiger partial charge on any atom is -0.507 e. The van der Waals surface area contributed by atoms with Crippen LogP contribution in [0.1, 0.15) is 78.5 Å². The fourth-order valence-electron chi connectivity index (χ4n) is 7.71. The number of hydrogen-bond acceptors (Lipinski definition) is 11. The van der Waals surface area contributed by atoms with E-state index in [0.717, 1.165) is 6.08 Å². The van der Waals surface area contributed by atoms with Crippen LogP contribution in [0.2, 0.25) is 0 Å². The lowest BCUT2D eigenvalue weighted by Crippen LogP contribution is -2.71. The highest BCUT2D eigenvalue weighted by atomic mass is 16.4. The summed E-state index contributed by atoms with van der Waals surface area (Å²) in [4.78, 5) is 67.9. The standard InChI is InChI=1S/C29H20O11/c1-7-3-9-13(10(30)4-7)24(36)20-25(37)19-16-15(18-12(32)6-28(20,26(9)38)27(39)29(18,19)40)23(35)17-14(22(16)34)11(31)5-8(2)21(17)33/h3-5,18-19,27,30,34-36,39-40H,6H2,1-2H3. The number of carbonyl (C=O) groups is 5. The molecule has 0 aromatic heterocycles. The van der Waals surface area contributed by atoms with Gasteiger partial charge in [0.15, 0.2) is 23.1 Å². The molecule has 0 aliphatic heterocycles. The zero-order chi connectivity index (χ0) is 29.0. The van der Waals surface area contributed by atoms with Crippen LogP contribution < -0.4 is 0 Å². The lowest BCUT2D eigenvalue weighted by molar-refractivity contribution is -0.182. The van der Waals surface area contributed by atoms with E-state index < -0.39 is 121 Å². The van der Waals surface area contributed by atoms with Crippen molar-refractivity contribution >= 4 is 34.7 Å². The van der Waals surface area contributed by atoms with Crippen molar-refractivity contribution in [3.63, 3.8) is 0 Å². The van der Waals surface area contributed by atoms with Gasteiger partial charge in [0, 0.05) is 28.7 Å². The molecule has 2 fully saturated rings. The molecular formula is C29H20O11. The van der Waals surface area contributed by atoms with E-state index in [0.29, 0.717) is 5.56 Å². The quantitative estimate of drug-likeness (QED) is 0.261. The summed E-state index contributed by atoms with van der Waals surface area (Å²) in [6, 6.07) is 2.55. The van der Waals surface area contributed by atoms with Crippen molar-refractivity contribution in [1.29, 1.82) is 0 Å². The normalized spacial score (nSPS) is 31.6. The minimum absolute atomic E-state index is 0.0640. The smallest absolute Gasteiger partial charge is 0.193 e. The molecule has 6 N–H and O–H groups in total. The Morgan fingerprint density at radius 3 is 2.15 bits per heavy atom. The first-order valence-electron chi connectivity index (χ1n) is 12.4. The molecule has 202 valence electrons. The monoisotopic (exact) mass is 544 g/mol.